The first-order chi connectivity index (χ1) is 8.04. The van der Waals surface area contributed by atoms with Crippen LogP contribution in [0.25, 0.3) is 0 Å². The van der Waals surface area contributed by atoms with Crippen LogP contribution < -0.4 is 5.32 Å². The Bertz CT molecular complexity index is 415. The molecule has 1 atom stereocenters. The fraction of sp³-hybridized carbons (Fsp3) is 0.385. The van der Waals surface area contributed by atoms with Gasteiger partial charge in [0.2, 0.25) is 5.91 Å². The lowest BCUT2D eigenvalue weighted by Gasteiger charge is -2.10. The fourth-order valence-electron chi connectivity index (χ4n) is 1.52. The van der Waals surface area contributed by atoms with Crippen LogP contribution in [0, 0.1) is 5.92 Å². The Labute approximate surface area is 101 Å². The predicted molar refractivity (Wildman–Crippen MR) is 65.9 cm³/mol. The van der Waals surface area contributed by atoms with E-state index in [2.05, 4.69) is 5.32 Å². The van der Waals surface area contributed by atoms with Gasteiger partial charge in [0.15, 0.2) is 0 Å². The van der Waals surface area contributed by atoms with E-state index in [1.54, 1.807) is 0 Å². The van der Waals surface area contributed by atoms with Gasteiger partial charge in [0.05, 0.1) is 5.92 Å². The van der Waals surface area contributed by atoms with E-state index in [1.807, 2.05) is 31.2 Å². The highest BCUT2D eigenvalue weighted by Crippen LogP contribution is 2.16. The van der Waals surface area contributed by atoms with E-state index in [0.717, 1.165) is 17.7 Å². The van der Waals surface area contributed by atoms with Crippen molar-refractivity contribution in [3.8, 4) is 0 Å². The third-order valence-corrected chi connectivity index (χ3v) is 2.59. The lowest BCUT2D eigenvalue weighted by molar-refractivity contribution is -0.142. The topological polar surface area (TPSA) is 66.4 Å². The Hall–Kier alpha value is -1.84. The Kier molecular flexibility index (Phi) is 4.69. The molecule has 1 unspecified atom stereocenters. The second-order valence-electron chi connectivity index (χ2n) is 4.00. The maximum Gasteiger partial charge on any atom is 0.306 e. The van der Waals surface area contributed by atoms with Crippen molar-refractivity contribution in [1.82, 2.24) is 0 Å². The number of aliphatic carboxylic acids is 1. The van der Waals surface area contributed by atoms with Crippen LogP contribution in [0.1, 0.15) is 25.8 Å². The lowest BCUT2D eigenvalue weighted by Crippen LogP contribution is -2.20. The molecule has 1 amide bonds. The van der Waals surface area contributed by atoms with Crippen LogP contribution in [0.4, 0.5) is 5.69 Å². The van der Waals surface area contributed by atoms with Gasteiger partial charge in [-0.1, -0.05) is 32.0 Å². The summed E-state index contributed by atoms with van der Waals surface area (Å²) in [6.45, 7) is 3.53. The fourth-order valence-corrected chi connectivity index (χ4v) is 1.52. The molecule has 0 saturated heterocycles. The normalized spacial score (nSPS) is 11.9. The Balaban J connectivity index is 2.65. The number of hydrogen-bond acceptors (Lipinski definition) is 2. The number of nitrogens with one attached hydrogen (secondary N) is 1. The molecule has 0 spiro atoms. The Morgan fingerprint density at radius 1 is 1.35 bits per heavy atom. The summed E-state index contributed by atoms with van der Waals surface area (Å²) in [5.41, 5.74) is 1.81. The molecular formula is C13H17NO3. The summed E-state index contributed by atoms with van der Waals surface area (Å²) in [6, 6.07) is 7.52. The average molecular weight is 235 g/mol. The minimum absolute atomic E-state index is 0.00657. The van der Waals surface area contributed by atoms with Crippen LogP contribution in [0.3, 0.4) is 0 Å². The maximum absolute atomic E-state index is 11.6. The molecule has 92 valence electrons. The van der Waals surface area contributed by atoms with Crippen LogP contribution in [-0.2, 0) is 16.0 Å². The van der Waals surface area contributed by atoms with E-state index in [4.69, 9.17) is 5.11 Å². The second-order valence-corrected chi connectivity index (χ2v) is 4.00. The summed E-state index contributed by atoms with van der Waals surface area (Å²) in [7, 11) is 0. The molecule has 4 heteroatoms. The van der Waals surface area contributed by atoms with Gasteiger partial charge in [-0.3, -0.25) is 9.59 Å². The maximum atomic E-state index is 11.6. The molecule has 2 N–H and O–H groups in total. The third kappa shape index (κ3) is 3.90. The third-order valence-electron chi connectivity index (χ3n) is 2.59. The summed E-state index contributed by atoms with van der Waals surface area (Å²) in [6.07, 6.45) is 0.818. The van der Waals surface area contributed by atoms with Crippen molar-refractivity contribution in [3.63, 3.8) is 0 Å². The molecule has 0 aliphatic rings. The van der Waals surface area contributed by atoms with Crippen LogP contribution in [-0.4, -0.2) is 17.0 Å². The van der Waals surface area contributed by atoms with Crippen LogP contribution >= 0.6 is 0 Å². The van der Waals surface area contributed by atoms with Crippen LogP contribution in [0.15, 0.2) is 24.3 Å². The zero-order valence-electron chi connectivity index (χ0n) is 10.1. The van der Waals surface area contributed by atoms with Gasteiger partial charge >= 0.3 is 5.97 Å². The number of carbonyl (C=O) groups is 2. The summed E-state index contributed by atoms with van der Waals surface area (Å²) in [5, 5.41) is 11.5. The predicted octanol–water partition coefficient (Wildman–Crippen LogP) is 2.30. The molecule has 0 aromatic heterocycles. The van der Waals surface area contributed by atoms with Gasteiger partial charge in [-0.25, -0.2) is 0 Å². The van der Waals surface area contributed by atoms with E-state index in [0.29, 0.717) is 0 Å². The van der Waals surface area contributed by atoms with Gasteiger partial charge in [0.25, 0.3) is 0 Å². The summed E-state index contributed by atoms with van der Waals surface area (Å²) in [5.74, 6) is -1.88. The quantitative estimate of drug-likeness (QED) is 0.822. The zero-order valence-corrected chi connectivity index (χ0v) is 10.1. The molecule has 0 radical (unpaired) electrons. The highest BCUT2D eigenvalue weighted by molar-refractivity contribution is 5.93. The van der Waals surface area contributed by atoms with Crippen molar-refractivity contribution in [1.29, 1.82) is 0 Å². The van der Waals surface area contributed by atoms with Gasteiger partial charge in [-0.05, 0) is 18.1 Å². The molecular weight excluding hydrogens is 218 g/mol. The van der Waals surface area contributed by atoms with Crippen molar-refractivity contribution in [3.05, 3.63) is 29.8 Å². The highest BCUT2D eigenvalue weighted by atomic mass is 16.4. The van der Waals surface area contributed by atoms with Crippen LogP contribution in [0.5, 0.6) is 0 Å². The monoisotopic (exact) mass is 235 g/mol. The number of carbonyl (C=O) groups excluding carboxylic acids is 1. The molecule has 1 aromatic rings. The first-order valence-electron chi connectivity index (χ1n) is 5.65. The zero-order chi connectivity index (χ0) is 12.8. The van der Waals surface area contributed by atoms with Crippen molar-refractivity contribution in [2.45, 2.75) is 26.7 Å². The van der Waals surface area contributed by atoms with Gasteiger partial charge in [-0.15, -0.1) is 0 Å². The van der Waals surface area contributed by atoms with E-state index < -0.39 is 11.9 Å². The second kappa shape index (κ2) is 6.03. The molecule has 17 heavy (non-hydrogen) atoms. The minimum atomic E-state index is -0.955. The van der Waals surface area contributed by atoms with Crippen molar-refractivity contribution in [2.24, 2.45) is 5.92 Å². The van der Waals surface area contributed by atoms with E-state index in [-0.39, 0.29) is 12.3 Å². The smallest absolute Gasteiger partial charge is 0.306 e. The molecule has 0 heterocycles. The summed E-state index contributed by atoms with van der Waals surface area (Å²) in [4.78, 5) is 22.3. The molecule has 1 rings (SSSR count). The van der Waals surface area contributed by atoms with Crippen LogP contribution in [0.2, 0.25) is 0 Å². The van der Waals surface area contributed by atoms with Gasteiger partial charge < -0.3 is 10.4 Å². The van der Waals surface area contributed by atoms with Gasteiger partial charge in [-0.2, -0.15) is 0 Å². The first-order valence-corrected chi connectivity index (χ1v) is 5.65. The molecule has 0 fully saturated rings. The Morgan fingerprint density at radius 2 is 2.00 bits per heavy atom. The number of carboxylic acid groups (broad SMARTS) is 1. The number of benzene rings is 1. The molecule has 4 nitrogen and oxygen atoms in total. The van der Waals surface area contributed by atoms with Crippen molar-refractivity contribution >= 4 is 17.6 Å². The van der Waals surface area contributed by atoms with Gasteiger partial charge in [0.1, 0.15) is 0 Å². The molecule has 0 aliphatic heterocycles. The first kappa shape index (κ1) is 13.2. The number of hydrogen-bond donors (Lipinski definition) is 2. The number of rotatable bonds is 5. The number of para-hydroxylation sites is 1. The Morgan fingerprint density at radius 3 is 2.59 bits per heavy atom. The number of anilines is 1. The van der Waals surface area contributed by atoms with Crippen molar-refractivity contribution in [2.75, 3.05) is 5.32 Å². The number of amides is 1. The van der Waals surface area contributed by atoms with Crippen molar-refractivity contribution < 1.29 is 14.7 Å². The number of carboxylic acids is 1. The van der Waals surface area contributed by atoms with Gasteiger partial charge in [0, 0.05) is 12.1 Å². The standard InChI is InChI=1S/C13H17NO3/c1-3-10-6-4-5-7-11(10)14-12(15)8-9(2)13(16)17/h4-7,9H,3,8H2,1-2H3,(H,14,15)(H,16,17). The molecule has 0 saturated carbocycles. The summed E-state index contributed by atoms with van der Waals surface area (Å²) >= 11 is 0. The number of aryl methyl sites for hydroxylation is 1. The lowest BCUT2D eigenvalue weighted by atomic mass is 10.1. The average Bonchev–Trinajstić information content (AvgIpc) is 2.29. The summed E-state index contributed by atoms with van der Waals surface area (Å²) < 4.78 is 0. The molecule has 0 aliphatic carbocycles. The van der Waals surface area contributed by atoms with E-state index in [1.165, 1.54) is 6.92 Å². The highest BCUT2D eigenvalue weighted by Gasteiger charge is 2.16. The van der Waals surface area contributed by atoms with E-state index in [9.17, 15) is 9.59 Å². The van der Waals surface area contributed by atoms with E-state index >= 15 is 0 Å². The minimum Gasteiger partial charge on any atom is -0.481 e. The largest absolute Gasteiger partial charge is 0.481 e. The molecule has 0 bridgehead atoms. The molecule has 1 aromatic carbocycles. The SMILES string of the molecule is CCc1ccccc1NC(=O)CC(C)C(=O)O.